The zero-order chi connectivity index (χ0) is 15.6. The molecule has 1 aliphatic rings. The minimum absolute atomic E-state index is 0.0368. The highest BCUT2D eigenvalue weighted by Crippen LogP contribution is 2.28. The predicted molar refractivity (Wildman–Crippen MR) is 82.9 cm³/mol. The van der Waals surface area contributed by atoms with E-state index < -0.39 is 10.0 Å². The van der Waals surface area contributed by atoms with E-state index in [4.69, 9.17) is 10.5 Å². The molecule has 118 valence electrons. The van der Waals surface area contributed by atoms with E-state index in [1.54, 1.807) is 13.1 Å². The molecule has 6 nitrogen and oxygen atoms in total. The maximum absolute atomic E-state index is 12.7. The van der Waals surface area contributed by atoms with Crippen LogP contribution in [-0.2, 0) is 10.0 Å². The van der Waals surface area contributed by atoms with Gasteiger partial charge < -0.3 is 15.4 Å². The van der Waals surface area contributed by atoms with Gasteiger partial charge in [-0.1, -0.05) is 0 Å². The van der Waals surface area contributed by atoms with Crippen LogP contribution in [0, 0.1) is 0 Å². The summed E-state index contributed by atoms with van der Waals surface area (Å²) in [6, 6.07) is 4.61. The van der Waals surface area contributed by atoms with E-state index in [1.807, 2.05) is 0 Å². The van der Waals surface area contributed by atoms with E-state index in [-0.39, 0.29) is 10.9 Å². The molecule has 0 saturated carbocycles. The number of sulfonamides is 1. The molecule has 1 aromatic rings. The molecular weight excluding hydrogens is 290 g/mol. The number of benzene rings is 1. The molecular formula is C14H23N3O3S. The number of nitrogens with two attached hydrogens (primary N) is 1. The zero-order valence-corrected chi connectivity index (χ0v) is 13.6. The summed E-state index contributed by atoms with van der Waals surface area (Å²) in [4.78, 5) is 2.43. The van der Waals surface area contributed by atoms with Crippen molar-refractivity contribution in [3.63, 3.8) is 0 Å². The molecule has 1 heterocycles. The molecule has 2 rings (SSSR count). The smallest absolute Gasteiger partial charge is 0.243 e. The lowest BCUT2D eigenvalue weighted by Crippen LogP contribution is -2.44. The van der Waals surface area contributed by atoms with Gasteiger partial charge in [0.25, 0.3) is 0 Å². The largest absolute Gasteiger partial charge is 0.495 e. The van der Waals surface area contributed by atoms with Crippen molar-refractivity contribution >= 4 is 15.7 Å². The molecule has 0 bridgehead atoms. The summed E-state index contributed by atoms with van der Waals surface area (Å²) < 4.78 is 32.0. The fraction of sp³-hybridized carbons (Fsp3) is 0.571. The second kappa shape index (κ2) is 6.21. The highest BCUT2D eigenvalue weighted by atomic mass is 32.2. The third-order valence-electron chi connectivity index (χ3n) is 4.08. The standard InChI is InChI=1S/C14H23N3O3S/c1-16-8-6-11(7-9-16)17(2)21(18,19)12-4-5-13(15)14(10-12)20-3/h4-5,10-11H,6-9,15H2,1-3H3. The average molecular weight is 313 g/mol. The molecule has 0 unspecified atom stereocenters. The number of likely N-dealkylation sites (tertiary alicyclic amines) is 1. The molecule has 1 aromatic carbocycles. The van der Waals surface area contributed by atoms with E-state index in [9.17, 15) is 8.42 Å². The maximum Gasteiger partial charge on any atom is 0.243 e. The Morgan fingerprint density at radius 1 is 1.33 bits per heavy atom. The van der Waals surface area contributed by atoms with Crippen molar-refractivity contribution in [2.75, 3.05) is 40.0 Å². The van der Waals surface area contributed by atoms with Crippen molar-refractivity contribution in [1.29, 1.82) is 0 Å². The van der Waals surface area contributed by atoms with Gasteiger partial charge >= 0.3 is 0 Å². The molecule has 0 aliphatic carbocycles. The maximum atomic E-state index is 12.7. The van der Waals surface area contributed by atoms with Crippen molar-refractivity contribution < 1.29 is 13.2 Å². The molecule has 0 spiro atoms. The average Bonchev–Trinajstić information content (AvgIpc) is 2.47. The van der Waals surface area contributed by atoms with Gasteiger partial charge in [0.15, 0.2) is 0 Å². The predicted octanol–water partition coefficient (Wildman–Crippen LogP) is 0.992. The van der Waals surface area contributed by atoms with Crippen molar-refractivity contribution in [3.8, 4) is 5.75 Å². The van der Waals surface area contributed by atoms with Crippen molar-refractivity contribution in [2.45, 2.75) is 23.8 Å². The number of piperidine rings is 1. The van der Waals surface area contributed by atoms with E-state index in [2.05, 4.69) is 11.9 Å². The summed E-state index contributed by atoms with van der Waals surface area (Å²) in [6.07, 6.45) is 1.69. The van der Waals surface area contributed by atoms with Crippen LogP contribution < -0.4 is 10.5 Å². The third-order valence-corrected chi connectivity index (χ3v) is 5.99. The fourth-order valence-corrected chi connectivity index (χ4v) is 4.00. The summed E-state index contributed by atoms with van der Waals surface area (Å²) in [5, 5.41) is 0. The van der Waals surface area contributed by atoms with Crippen molar-refractivity contribution in [3.05, 3.63) is 18.2 Å². The molecule has 0 atom stereocenters. The Kier molecular flexibility index (Phi) is 4.75. The minimum Gasteiger partial charge on any atom is -0.495 e. The van der Waals surface area contributed by atoms with Crippen LogP contribution in [-0.4, -0.2) is 58.0 Å². The number of methoxy groups -OCH3 is 1. The number of anilines is 1. The minimum atomic E-state index is -3.53. The molecule has 0 amide bonds. The quantitative estimate of drug-likeness (QED) is 0.839. The fourth-order valence-electron chi connectivity index (χ4n) is 2.57. The zero-order valence-electron chi connectivity index (χ0n) is 12.7. The van der Waals surface area contributed by atoms with Gasteiger partial charge in [0.1, 0.15) is 5.75 Å². The number of rotatable bonds is 4. The van der Waals surface area contributed by atoms with Crippen LogP contribution in [0.2, 0.25) is 0 Å². The highest BCUT2D eigenvalue weighted by molar-refractivity contribution is 7.89. The topological polar surface area (TPSA) is 75.9 Å². The Morgan fingerprint density at radius 2 is 1.95 bits per heavy atom. The normalized spacial score (nSPS) is 18.1. The van der Waals surface area contributed by atoms with Gasteiger partial charge in [-0.15, -0.1) is 0 Å². The number of hydrogen-bond donors (Lipinski definition) is 1. The number of hydrogen-bond acceptors (Lipinski definition) is 5. The van der Waals surface area contributed by atoms with E-state index >= 15 is 0 Å². The molecule has 0 radical (unpaired) electrons. The van der Waals surface area contributed by atoms with Gasteiger partial charge in [-0.2, -0.15) is 4.31 Å². The summed E-state index contributed by atoms with van der Waals surface area (Å²) in [6.45, 7) is 1.82. The second-order valence-corrected chi connectivity index (χ2v) is 7.46. The van der Waals surface area contributed by atoms with Crippen LogP contribution in [0.4, 0.5) is 5.69 Å². The Labute approximate surface area is 126 Å². The first kappa shape index (κ1) is 16.1. The SMILES string of the molecule is COc1cc(S(=O)(=O)N(C)C2CCN(C)CC2)ccc1N. The first-order valence-electron chi connectivity index (χ1n) is 6.96. The van der Waals surface area contributed by atoms with Crippen LogP contribution in [0.15, 0.2) is 23.1 Å². The summed E-state index contributed by atoms with van der Waals surface area (Å²) in [5.41, 5.74) is 6.17. The lowest BCUT2D eigenvalue weighted by Gasteiger charge is -2.34. The molecule has 0 aromatic heterocycles. The molecule has 1 saturated heterocycles. The lowest BCUT2D eigenvalue weighted by atomic mass is 10.1. The number of nitrogen functional groups attached to an aromatic ring is 1. The van der Waals surface area contributed by atoms with Crippen LogP contribution in [0.5, 0.6) is 5.75 Å². The van der Waals surface area contributed by atoms with Crippen LogP contribution in [0.3, 0.4) is 0 Å². The molecule has 1 fully saturated rings. The van der Waals surface area contributed by atoms with Crippen molar-refractivity contribution in [2.24, 2.45) is 0 Å². The Bertz CT molecular complexity index is 595. The van der Waals surface area contributed by atoms with E-state index in [0.717, 1.165) is 25.9 Å². The van der Waals surface area contributed by atoms with Gasteiger partial charge in [0.05, 0.1) is 17.7 Å². The highest BCUT2D eigenvalue weighted by Gasteiger charge is 2.30. The third kappa shape index (κ3) is 3.30. The molecule has 21 heavy (non-hydrogen) atoms. The number of ether oxygens (including phenoxy) is 1. The Hall–Kier alpha value is -1.31. The molecule has 7 heteroatoms. The Morgan fingerprint density at radius 3 is 2.52 bits per heavy atom. The lowest BCUT2D eigenvalue weighted by molar-refractivity contribution is 0.197. The van der Waals surface area contributed by atoms with Gasteiger partial charge in [-0.3, -0.25) is 0 Å². The molecule has 2 N–H and O–H groups in total. The first-order chi connectivity index (χ1) is 9.86. The Balaban J connectivity index is 2.24. The summed E-state index contributed by atoms with van der Waals surface area (Å²) >= 11 is 0. The van der Waals surface area contributed by atoms with Crippen molar-refractivity contribution in [1.82, 2.24) is 9.21 Å². The summed E-state index contributed by atoms with van der Waals surface area (Å²) in [5.74, 6) is 0.382. The van der Waals surface area contributed by atoms with Crippen LogP contribution >= 0.6 is 0 Å². The van der Waals surface area contributed by atoms with Gasteiger partial charge in [-0.25, -0.2) is 8.42 Å². The van der Waals surface area contributed by atoms with Crippen LogP contribution in [0.1, 0.15) is 12.8 Å². The molecule has 1 aliphatic heterocycles. The number of nitrogens with zero attached hydrogens (tertiary/aromatic N) is 2. The first-order valence-corrected chi connectivity index (χ1v) is 8.40. The van der Waals surface area contributed by atoms with Gasteiger partial charge in [-0.05, 0) is 45.1 Å². The van der Waals surface area contributed by atoms with Gasteiger partial charge in [0, 0.05) is 19.2 Å². The van der Waals surface area contributed by atoms with E-state index in [1.165, 1.54) is 23.5 Å². The monoisotopic (exact) mass is 313 g/mol. The van der Waals surface area contributed by atoms with Gasteiger partial charge in [0.2, 0.25) is 10.0 Å². The second-order valence-electron chi connectivity index (χ2n) is 5.46. The summed E-state index contributed by atoms with van der Waals surface area (Å²) in [7, 11) is 1.65. The van der Waals surface area contributed by atoms with Crippen LogP contribution in [0.25, 0.3) is 0 Å². The van der Waals surface area contributed by atoms with E-state index in [0.29, 0.717) is 11.4 Å².